The van der Waals surface area contributed by atoms with E-state index in [9.17, 15) is 0 Å². The van der Waals surface area contributed by atoms with Gasteiger partial charge in [0.15, 0.2) is 0 Å². The quantitative estimate of drug-likeness (QED) is 0.406. The summed E-state index contributed by atoms with van der Waals surface area (Å²) in [6.07, 6.45) is 7.30. The van der Waals surface area contributed by atoms with Gasteiger partial charge < -0.3 is 0 Å². The molecule has 66 valence electrons. The Morgan fingerprint density at radius 1 is 1.54 bits per heavy atom. The van der Waals surface area contributed by atoms with Crippen molar-refractivity contribution in [2.75, 3.05) is 0 Å². The van der Waals surface area contributed by atoms with Gasteiger partial charge in [-0.25, -0.2) is 0 Å². The van der Waals surface area contributed by atoms with Crippen molar-refractivity contribution in [3.05, 3.63) is 34.9 Å². The zero-order valence-electron chi connectivity index (χ0n) is 8.04. The van der Waals surface area contributed by atoms with Crippen LogP contribution in [0.5, 0.6) is 0 Å². The van der Waals surface area contributed by atoms with E-state index < -0.39 is 0 Å². The molecule has 0 N–H and O–H groups in total. The van der Waals surface area contributed by atoms with E-state index in [4.69, 9.17) is 5.26 Å². The Hall–Kier alpha value is -1.29. The van der Waals surface area contributed by atoms with Crippen LogP contribution in [0.3, 0.4) is 0 Å². The Morgan fingerprint density at radius 3 is 2.85 bits per heavy atom. The van der Waals surface area contributed by atoms with Crippen LogP contribution in [-0.4, -0.2) is 0 Å². The number of fused-ring (bicyclic) bond motifs is 2. The lowest BCUT2D eigenvalue weighted by atomic mass is 9.98. The summed E-state index contributed by atoms with van der Waals surface area (Å²) < 4.78 is 0. The molecule has 0 heterocycles. The van der Waals surface area contributed by atoms with Gasteiger partial charge in [0, 0.05) is 17.9 Å². The molecule has 0 aromatic carbocycles. The summed E-state index contributed by atoms with van der Waals surface area (Å²) in [5.74, 6) is 1.05. The largest absolute Gasteiger partial charge is 0.193 e. The van der Waals surface area contributed by atoms with E-state index in [-0.39, 0.29) is 0 Å². The first kappa shape index (κ1) is 8.31. The summed E-state index contributed by atoms with van der Waals surface area (Å²) in [4.78, 5) is 0. The summed E-state index contributed by atoms with van der Waals surface area (Å²) in [6, 6.07) is 2.14. The summed E-state index contributed by atoms with van der Waals surface area (Å²) in [5, 5.41) is 8.61. The van der Waals surface area contributed by atoms with Gasteiger partial charge in [-0.15, -0.1) is 0 Å². The molecule has 2 aliphatic carbocycles. The molecule has 0 aliphatic heterocycles. The number of hydrogen-bond acceptors (Lipinski definition) is 1. The van der Waals surface area contributed by atoms with E-state index >= 15 is 0 Å². The lowest BCUT2D eigenvalue weighted by molar-refractivity contribution is 0.825. The zero-order valence-corrected chi connectivity index (χ0v) is 8.04. The van der Waals surface area contributed by atoms with Crippen molar-refractivity contribution in [2.24, 2.45) is 11.8 Å². The highest BCUT2D eigenvalue weighted by Crippen LogP contribution is 2.48. The van der Waals surface area contributed by atoms with E-state index in [1.54, 1.807) is 6.08 Å². The molecule has 0 spiro atoms. The molecule has 1 fully saturated rings. The number of allylic oxidation sites excluding steroid dienone is 6. The maximum Gasteiger partial charge on any atom is 0.0911 e. The number of nitrogens with zero attached hydrogens (tertiary/aromatic N) is 1. The first-order chi connectivity index (χ1) is 6.24. The van der Waals surface area contributed by atoms with E-state index in [1.165, 1.54) is 16.7 Å². The van der Waals surface area contributed by atoms with E-state index in [0.717, 1.165) is 6.42 Å². The lowest BCUT2D eigenvalue weighted by Crippen LogP contribution is -1.94. The van der Waals surface area contributed by atoms with Gasteiger partial charge in [-0.1, -0.05) is 23.3 Å². The van der Waals surface area contributed by atoms with Crippen LogP contribution in [-0.2, 0) is 0 Å². The van der Waals surface area contributed by atoms with Crippen molar-refractivity contribution < 1.29 is 0 Å². The number of rotatable bonds is 0. The van der Waals surface area contributed by atoms with Crippen molar-refractivity contribution in [3.63, 3.8) is 0 Å². The van der Waals surface area contributed by atoms with Gasteiger partial charge in [0.05, 0.1) is 6.07 Å². The van der Waals surface area contributed by atoms with E-state index in [2.05, 4.69) is 32.1 Å². The predicted octanol–water partition coefficient (Wildman–Crippen LogP) is 2.98. The van der Waals surface area contributed by atoms with E-state index in [1.807, 2.05) is 0 Å². The van der Waals surface area contributed by atoms with Crippen molar-refractivity contribution in [1.29, 1.82) is 5.26 Å². The minimum Gasteiger partial charge on any atom is -0.193 e. The highest BCUT2D eigenvalue weighted by atomic mass is 14.4. The molecular weight excluding hydrogens is 158 g/mol. The summed E-state index contributed by atoms with van der Waals surface area (Å²) in [5.41, 5.74) is 4.24. The third-order valence-corrected chi connectivity index (χ3v) is 2.95. The molecule has 2 atom stereocenters. The maximum atomic E-state index is 8.61. The van der Waals surface area contributed by atoms with Gasteiger partial charge in [0.1, 0.15) is 0 Å². The molecule has 13 heavy (non-hydrogen) atoms. The van der Waals surface area contributed by atoms with Crippen LogP contribution in [0, 0.1) is 23.2 Å². The monoisotopic (exact) mass is 171 g/mol. The van der Waals surface area contributed by atoms with Crippen LogP contribution in [0.4, 0.5) is 0 Å². The molecule has 0 amide bonds. The molecule has 1 heteroatoms. The second-order valence-corrected chi connectivity index (χ2v) is 3.98. The van der Waals surface area contributed by atoms with Crippen LogP contribution in [0.15, 0.2) is 34.9 Å². The molecule has 0 radical (unpaired) electrons. The molecule has 0 aromatic heterocycles. The standard InChI is InChI=1S/C12H13N/c1-8(2)12-10-3-4-11(12)9(7-10)5-6-13/h3-5,10-11H,7H2,1-2H3/b9-5-. The second kappa shape index (κ2) is 2.88. The first-order valence-corrected chi connectivity index (χ1v) is 4.68. The minimum absolute atomic E-state index is 0.453. The molecule has 0 aromatic rings. The summed E-state index contributed by atoms with van der Waals surface area (Å²) in [7, 11) is 0. The second-order valence-electron chi connectivity index (χ2n) is 3.98. The van der Waals surface area contributed by atoms with Crippen molar-refractivity contribution in [3.8, 4) is 6.07 Å². The third kappa shape index (κ3) is 1.14. The zero-order chi connectivity index (χ0) is 9.42. The van der Waals surface area contributed by atoms with Crippen LogP contribution < -0.4 is 0 Å². The molecular formula is C12H13N. The molecule has 2 aliphatic rings. The predicted molar refractivity (Wildman–Crippen MR) is 52.8 cm³/mol. The Bertz CT molecular complexity index is 359. The number of hydrogen-bond donors (Lipinski definition) is 0. The van der Waals surface area contributed by atoms with Crippen LogP contribution >= 0.6 is 0 Å². The molecule has 1 saturated carbocycles. The van der Waals surface area contributed by atoms with Gasteiger partial charge in [0.25, 0.3) is 0 Å². The fraction of sp³-hybridized carbons (Fsp3) is 0.417. The van der Waals surface area contributed by atoms with Gasteiger partial charge in [-0.05, 0) is 25.8 Å². The van der Waals surface area contributed by atoms with Crippen molar-refractivity contribution in [1.82, 2.24) is 0 Å². The van der Waals surface area contributed by atoms with Crippen molar-refractivity contribution in [2.45, 2.75) is 20.3 Å². The molecule has 2 rings (SSSR count). The molecule has 1 nitrogen and oxygen atoms in total. The first-order valence-electron chi connectivity index (χ1n) is 4.68. The smallest absolute Gasteiger partial charge is 0.0911 e. The normalized spacial score (nSPS) is 32.7. The van der Waals surface area contributed by atoms with Crippen LogP contribution in [0.25, 0.3) is 0 Å². The minimum atomic E-state index is 0.453. The maximum absolute atomic E-state index is 8.61. The fourth-order valence-corrected chi connectivity index (χ4v) is 2.48. The van der Waals surface area contributed by atoms with Gasteiger partial charge in [-0.3, -0.25) is 0 Å². The van der Waals surface area contributed by atoms with Gasteiger partial charge in [0.2, 0.25) is 0 Å². The highest BCUT2D eigenvalue weighted by molar-refractivity contribution is 5.46. The topological polar surface area (TPSA) is 23.8 Å². The number of nitriles is 1. The lowest BCUT2D eigenvalue weighted by Gasteiger charge is -2.06. The Morgan fingerprint density at radius 2 is 2.31 bits per heavy atom. The molecule has 2 bridgehead atoms. The van der Waals surface area contributed by atoms with E-state index in [0.29, 0.717) is 11.8 Å². The van der Waals surface area contributed by atoms with Gasteiger partial charge in [-0.2, -0.15) is 5.26 Å². The SMILES string of the molecule is CC(C)=C1C2C=CC1/C(=C\C#N)C2. The van der Waals surface area contributed by atoms with Crippen molar-refractivity contribution >= 4 is 0 Å². The Labute approximate surface area is 79.1 Å². The Balaban J connectivity index is 2.42. The van der Waals surface area contributed by atoms with Crippen LogP contribution in [0.2, 0.25) is 0 Å². The van der Waals surface area contributed by atoms with Crippen LogP contribution in [0.1, 0.15) is 20.3 Å². The summed E-state index contributed by atoms with van der Waals surface area (Å²) in [6.45, 7) is 4.33. The third-order valence-electron chi connectivity index (χ3n) is 2.95. The highest BCUT2D eigenvalue weighted by Gasteiger charge is 2.36. The molecule has 0 saturated heterocycles. The Kier molecular flexibility index (Phi) is 1.84. The average Bonchev–Trinajstić information content (AvgIpc) is 2.60. The molecule has 2 unspecified atom stereocenters. The fourth-order valence-electron chi connectivity index (χ4n) is 2.48. The van der Waals surface area contributed by atoms with Gasteiger partial charge >= 0.3 is 0 Å². The average molecular weight is 171 g/mol. The summed E-state index contributed by atoms with van der Waals surface area (Å²) >= 11 is 0.